The third-order valence-corrected chi connectivity index (χ3v) is 2.65. The Morgan fingerprint density at radius 1 is 1.43 bits per heavy atom. The molecule has 0 saturated carbocycles. The Labute approximate surface area is 83.2 Å². The van der Waals surface area contributed by atoms with Crippen LogP contribution in [0.5, 0.6) is 0 Å². The van der Waals surface area contributed by atoms with E-state index in [1.54, 1.807) is 20.8 Å². The highest BCUT2D eigenvalue weighted by molar-refractivity contribution is 6.16. The fraction of sp³-hybridized carbons (Fsp3) is 0.600. The molecule has 0 bridgehead atoms. The first-order chi connectivity index (χ1) is 6.49. The molecule has 1 N–H and O–H groups in total. The Balaban J connectivity index is 2.81. The third kappa shape index (κ3) is 1.70. The lowest BCUT2D eigenvalue weighted by Crippen LogP contribution is -2.43. The third-order valence-electron chi connectivity index (χ3n) is 2.65. The van der Waals surface area contributed by atoms with Gasteiger partial charge in [0.1, 0.15) is 0 Å². The lowest BCUT2D eigenvalue weighted by molar-refractivity contribution is -0.140. The summed E-state index contributed by atoms with van der Waals surface area (Å²) in [6.07, 6.45) is 1.34. The molecule has 0 radical (unpaired) electrons. The molecule has 0 saturated heterocycles. The van der Waals surface area contributed by atoms with E-state index < -0.39 is 0 Å². The van der Waals surface area contributed by atoms with Crippen molar-refractivity contribution in [3.05, 3.63) is 11.6 Å². The minimum absolute atomic E-state index is 0.0305. The number of nitrogens with zero attached hydrogens (tertiary/aromatic N) is 1. The predicted octanol–water partition coefficient (Wildman–Crippen LogP) is 0.318. The minimum Gasteiger partial charge on any atom is -0.396 e. The molecule has 78 valence electrons. The number of rotatable bonds is 3. The molecule has 1 rings (SSSR count). The van der Waals surface area contributed by atoms with Crippen LogP contribution in [-0.2, 0) is 9.59 Å². The van der Waals surface area contributed by atoms with Crippen LogP contribution >= 0.6 is 0 Å². The molecule has 0 aromatic heterocycles. The molecule has 0 aromatic rings. The van der Waals surface area contributed by atoms with E-state index in [0.29, 0.717) is 5.57 Å². The van der Waals surface area contributed by atoms with Crippen molar-refractivity contribution >= 4 is 11.8 Å². The molecule has 0 aromatic carbocycles. The van der Waals surface area contributed by atoms with E-state index in [2.05, 4.69) is 0 Å². The van der Waals surface area contributed by atoms with Gasteiger partial charge < -0.3 is 5.11 Å². The van der Waals surface area contributed by atoms with E-state index in [1.165, 1.54) is 11.0 Å². The van der Waals surface area contributed by atoms with Crippen molar-refractivity contribution in [3.63, 3.8) is 0 Å². The number of amides is 2. The minimum atomic E-state index is -0.278. The lowest BCUT2D eigenvalue weighted by atomic mass is 10.0. The topological polar surface area (TPSA) is 57.6 Å². The zero-order valence-corrected chi connectivity index (χ0v) is 8.65. The zero-order chi connectivity index (χ0) is 10.9. The van der Waals surface area contributed by atoms with Crippen LogP contribution < -0.4 is 0 Å². The normalized spacial score (nSPS) is 21.1. The van der Waals surface area contributed by atoms with Gasteiger partial charge in [0.25, 0.3) is 11.8 Å². The van der Waals surface area contributed by atoms with Gasteiger partial charge in [0, 0.05) is 24.3 Å². The summed E-state index contributed by atoms with van der Waals surface area (Å²) in [6.45, 7) is 5.16. The van der Waals surface area contributed by atoms with Gasteiger partial charge in [-0.15, -0.1) is 0 Å². The molecule has 0 aliphatic carbocycles. The number of aliphatic hydroxyl groups is 1. The van der Waals surface area contributed by atoms with Crippen LogP contribution in [0.1, 0.15) is 20.8 Å². The highest BCUT2D eigenvalue weighted by Gasteiger charge is 2.34. The van der Waals surface area contributed by atoms with Crippen molar-refractivity contribution in [2.75, 3.05) is 6.61 Å². The summed E-state index contributed by atoms with van der Waals surface area (Å²) in [6, 6.07) is -0.256. The van der Waals surface area contributed by atoms with Crippen LogP contribution in [0.3, 0.4) is 0 Å². The molecule has 4 heteroatoms. The summed E-state index contributed by atoms with van der Waals surface area (Å²) in [5.41, 5.74) is 0.465. The number of imide groups is 1. The number of carbonyl (C=O) groups is 2. The molecule has 0 spiro atoms. The lowest BCUT2D eigenvalue weighted by Gasteiger charge is -2.27. The van der Waals surface area contributed by atoms with E-state index in [9.17, 15) is 9.59 Å². The van der Waals surface area contributed by atoms with E-state index in [4.69, 9.17) is 5.11 Å². The van der Waals surface area contributed by atoms with Crippen molar-refractivity contribution in [3.8, 4) is 0 Å². The van der Waals surface area contributed by atoms with Crippen molar-refractivity contribution in [1.82, 2.24) is 4.90 Å². The van der Waals surface area contributed by atoms with Gasteiger partial charge in [-0.25, -0.2) is 0 Å². The van der Waals surface area contributed by atoms with Crippen molar-refractivity contribution < 1.29 is 14.7 Å². The summed E-state index contributed by atoms with van der Waals surface area (Å²) in [7, 11) is 0. The average molecular weight is 197 g/mol. The quantitative estimate of drug-likeness (QED) is 0.663. The van der Waals surface area contributed by atoms with Gasteiger partial charge in [0.15, 0.2) is 0 Å². The van der Waals surface area contributed by atoms with Gasteiger partial charge >= 0.3 is 0 Å². The predicted molar refractivity (Wildman–Crippen MR) is 51.3 cm³/mol. The smallest absolute Gasteiger partial charge is 0.256 e. The largest absolute Gasteiger partial charge is 0.396 e. The SMILES string of the molecule is CC1=CC(=O)N(C(C)C(C)CO)C1=O. The fourth-order valence-corrected chi connectivity index (χ4v) is 1.40. The van der Waals surface area contributed by atoms with Gasteiger partial charge in [0.2, 0.25) is 0 Å². The maximum absolute atomic E-state index is 11.5. The van der Waals surface area contributed by atoms with Gasteiger partial charge in [-0.3, -0.25) is 14.5 Å². The van der Waals surface area contributed by atoms with Gasteiger partial charge in [-0.2, -0.15) is 0 Å². The summed E-state index contributed by atoms with van der Waals surface area (Å²) in [5, 5.41) is 8.94. The van der Waals surface area contributed by atoms with Gasteiger partial charge in [-0.1, -0.05) is 6.92 Å². The zero-order valence-electron chi connectivity index (χ0n) is 8.65. The summed E-state index contributed by atoms with van der Waals surface area (Å²) in [5.74, 6) is -0.620. The highest BCUT2D eigenvalue weighted by Crippen LogP contribution is 2.19. The van der Waals surface area contributed by atoms with Crippen molar-refractivity contribution in [2.24, 2.45) is 5.92 Å². The number of hydrogen-bond donors (Lipinski definition) is 1. The Hall–Kier alpha value is -1.16. The van der Waals surface area contributed by atoms with E-state index >= 15 is 0 Å². The van der Waals surface area contributed by atoms with Gasteiger partial charge in [-0.05, 0) is 19.8 Å². The monoisotopic (exact) mass is 197 g/mol. The number of aliphatic hydroxyl groups excluding tert-OH is 1. The maximum atomic E-state index is 11.5. The molecule has 4 nitrogen and oxygen atoms in total. The van der Waals surface area contributed by atoms with Crippen LogP contribution in [0.2, 0.25) is 0 Å². The van der Waals surface area contributed by atoms with Crippen LogP contribution in [0.4, 0.5) is 0 Å². The molecule has 2 amide bonds. The Kier molecular flexibility index (Phi) is 3.06. The maximum Gasteiger partial charge on any atom is 0.256 e. The van der Waals surface area contributed by atoms with Crippen LogP contribution in [-0.4, -0.2) is 34.5 Å². The van der Waals surface area contributed by atoms with Crippen LogP contribution in [0, 0.1) is 5.92 Å². The van der Waals surface area contributed by atoms with E-state index in [0.717, 1.165) is 0 Å². The second-order valence-electron chi connectivity index (χ2n) is 3.74. The molecule has 1 aliphatic rings. The van der Waals surface area contributed by atoms with Crippen molar-refractivity contribution in [2.45, 2.75) is 26.8 Å². The van der Waals surface area contributed by atoms with E-state index in [1.807, 2.05) is 0 Å². The van der Waals surface area contributed by atoms with E-state index in [-0.39, 0.29) is 30.4 Å². The standard InChI is InChI=1S/C10H15NO3/c1-6-4-9(13)11(10(6)14)8(3)7(2)5-12/h4,7-8,12H,5H2,1-3H3. The molecule has 2 atom stereocenters. The average Bonchev–Trinajstić information content (AvgIpc) is 2.39. The van der Waals surface area contributed by atoms with Gasteiger partial charge in [0.05, 0.1) is 0 Å². The number of hydrogen-bond acceptors (Lipinski definition) is 3. The summed E-state index contributed by atoms with van der Waals surface area (Å²) < 4.78 is 0. The number of carbonyl (C=O) groups excluding carboxylic acids is 2. The second kappa shape index (κ2) is 3.92. The molecule has 14 heavy (non-hydrogen) atoms. The van der Waals surface area contributed by atoms with Crippen LogP contribution in [0.25, 0.3) is 0 Å². The molecule has 0 fully saturated rings. The first kappa shape index (κ1) is 10.9. The highest BCUT2D eigenvalue weighted by atomic mass is 16.3. The molecule has 1 aliphatic heterocycles. The van der Waals surface area contributed by atoms with Crippen molar-refractivity contribution in [1.29, 1.82) is 0 Å². The molecular formula is C10H15NO3. The molecule has 2 unspecified atom stereocenters. The first-order valence-corrected chi connectivity index (χ1v) is 4.65. The van der Waals surface area contributed by atoms with Crippen LogP contribution in [0.15, 0.2) is 11.6 Å². The Bertz CT molecular complexity index is 296. The summed E-state index contributed by atoms with van der Waals surface area (Å²) in [4.78, 5) is 24.1. The summed E-state index contributed by atoms with van der Waals surface area (Å²) >= 11 is 0. The molecule has 1 heterocycles. The Morgan fingerprint density at radius 3 is 2.36 bits per heavy atom. The Morgan fingerprint density at radius 2 is 2.00 bits per heavy atom. The molecular weight excluding hydrogens is 182 g/mol. The fourth-order valence-electron chi connectivity index (χ4n) is 1.40. The second-order valence-corrected chi connectivity index (χ2v) is 3.74. The first-order valence-electron chi connectivity index (χ1n) is 4.65.